The topological polar surface area (TPSA) is 55.1 Å². The predicted octanol–water partition coefficient (Wildman–Crippen LogP) is 3.11. The van der Waals surface area contributed by atoms with E-state index in [0.717, 1.165) is 30.0 Å². The Balaban J connectivity index is 1.64. The second-order valence-electron chi connectivity index (χ2n) is 7.55. The maximum absolute atomic E-state index is 11.4. The number of nitrogens with zero attached hydrogens (tertiary/aromatic N) is 2. The zero-order valence-electron chi connectivity index (χ0n) is 12.0. The first-order valence-electron chi connectivity index (χ1n) is 7.81. The van der Waals surface area contributed by atoms with Gasteiger partial charge in [0.15, 0.2) is 0 Å². The molecule has 4 nitrogen and oxygen atoms in total. The molecule has 5 rings (SSSR count). The minimum atomic E-state index is -0.852. The van der Waals surface area contributed by atoms with Gasteiger partial charge in [0.05, 0.1) is 5.69 Å². The molecule has 0 saturated heterocycles. The van der Waals surface area contributed by atoms with Crippen LogP contribution in [0.2, 0.25) is 0 Å². The molecule has 1 aromatic rings. The maximum Gasteiger partial charge on any atom is 0.354 e. The fourth-order valence-electron chi connectivity index (χ4n) is 5.64. The number of carboxylic acids is 1. The molecule has 4 fully saturated rings. The number of carboxylic acid groups (broad SMARTS) is 1. The van der Waals surface area contributed by atoms with Crippen LogP contribution in [0.3, 0.4) is 0 Å². The normalized spacial score (nSPS) is 38.4. The van der Waals surface area contributed by atoms with Crippen molar-refractivity contribution < 1.29 is 9.90 Å². The van der Waals surface area contributed by atoms with Crippen LogP contribution in [0.25, 0.3) is 0 Å². The van der Waals surface area contributed by atoms with Gasteiger partial charge in [0.25, 0.3) is 0 Å². The molecule has 0 aliphatic heterocycles. The third-order valence-electron chi connectivity index (χ3n) is 5.77. The summed E-state index contributed by atoms with van der Waals surface area (Å²) in [5.74, 6) is 1.83. The second kappa shape index (κ2) is 4.09. The summed E-state index contributed by atoms with van der Waals surface area (Å²) in [6, 6.07) is 1.70. The van der Waals surface area contributed by atoms with Crippen molar-refractivity contribution in [2.24, 2.45) is 23.2 Å². The highest BCUT2D eigenvalue weighted by Gasteiger charge is 2.51. The van der Waals surface area contributed by atoms with Crippen molar-refractivity contribution in [2.45, 2.75) is 52.0 Å². The number of aryl methyl sites for hydroxylation is 1. The van der Waals surface area contributed by atoms with Crippen LogP contribution in [0.4, 0.5) is 0 Å². The second-order valence-corrected chi connectivity index (χ2v) is 7.55. The molecule has 4 aliphatic rings. The maximum atomic E-state index is 11.4. The molecule has 4 bridgehead atoms. The molecule has 1 aromatic heterocycles. The molecule has 0 unspecified atom stereocenters. The van der Waals surface area contributed by atoms with Crippen molar-refractivity contribution in [2.75, 3.05) is 0 Å². The number of aromatic carboxylic acids is 1. The van der Waals surface area contributed by atoms with Gasteiger partial charge in [-0.2, -0.15) is 5.10 Å². The summed E-state index contributed by atoms with van der Waals surface area (Å²) in [5, 5.41) is 13.8. The Morgan fingerprint density at radius 1 is 1.30 bits per heavy atom. The fourth-order valence-corrected chi connectivity index (χ4v) is 5.64. The van der Waals surface area contributed by atoms with Crippen LogP contribution in [-0.2, 0) is 6.54 Å². The van der Waals surface area contributed by atoms with Crippen LogP contribution >= 0.6 is 0 Å². The van der Waals surface area contributed by atoms with E-state index in [1.54, 1.807) is 10.7 Å². The average molecular weight is 274 g/mol. The minimum absolute atomic E-state index is 0.331. The number of aromatic nitrogens is 2. The standard InChI is InChI=1S/C16H22N2O2/c1-10-2-14(15(19)20)18(17-10)9-16-6-11-3-12(7-16)5-13(4-11)8-16/h2,11-13H,3-9H2,1H3,(H,19,20). The molecule has 1 heterocycles. The first kappa shape index (κ1) is 12.4. The first-order valence-corrected chi connectivity index (χ1v) is 7.81. The van der Waals surface area contributed by atoms with Gasteiger partial charge in [0, 0.05) is 6.54 Å². The zero-order chi connectivity index (χ0) is 13.9. The van der Waals surface area contributed by atoms with Gasteiger partial charge in [0.2, 0.25) is 0 Å². The Bertz CT molecular complexity index is 526. The van der Waals surface area contributed by atoms with E-state index in [0.29, 0.717) is 11.1 Å². The highest BCUT2D eigenvalue weighted by Crippen LogP contribution is 2.60. The van der Waals surface area contributed by atoms with Gasteiger partial charge >= 0.3 is 5.97 Å². The van der Waals surface area contributed by atoms with Crippen molar-refractivity contribution in [1.82, 2.24) is 9.78 Å². The lowest BCUT2D eigenvalue weighted by atomic mass is 9.49. The Hall–Kier alpha value is -1.32. The average Bonchev–Trinajstić information content (AvgIpc) is 2.67. The number of rotatable bonds is 3. The molecule has 20 heavy (non-hydrogen) atoms. The van der Waals surface area contributed by atoms with Gasteiger partial charge in [-0.15, -0.1) is 0 Å². The monoisotopic (exact) mass is 274 g/mol. The molecule has 1 N–H and O–H groups in total. The van der Waals surface area contributed by atoms with Crippen LogP contribution in [0.5, 0.6) is 0 Å². The summed E-state index contributed by atoms with van der Waals surface area (Å²) in [7, 11) is 0. The van der Waals surface area contributed by atoms with Crippen LogP contribution in [0.1, 0.15) is 54.7 Å². The van der Waals surface area contributed by atoms with E-state index in [2.05, 4.69) is 5.10 Å². The van der Waals surface area contributed by atoms with E-state index in [1.807, 2.05) is 6.92 Å². The van der Waals surface area contributed by atoms with Crippen molar-refractivity contribution in [1.29, 1.82) is 0 Å². The van der Waals surface area contributed by atoms with E-state index < -0.39 is 5.97 Å². The van der Waals surface area contributed by atoms with E-state index in [-0.39, 0.29) is 0 Å². The highest BCUT2D eigenvalue weighted by molar-refractivity contribution is 5.85. The number of carbonyl (C=O) groups is 1. The molecule has 0 spiro atoms. The minimum Gasteiger partial charge on any atom is -0.477 e. The quantitative estimate of drug-likeness (QED) is 0.921. The summed E-state index contributed by atoms with van der Waals surface area (Å²) in [5.41, 5.74) is 1.50. The molecular formula is C16H22N2O2. The van der Waals surface area contributed by atoms with Crippen molar-refractivity contribution >= 4 is 5.97 Å². The largest absolute Gasteiger partial charge is 0.477 e. The molecule has 0 radical (unpaired) electrons. The van der Waals surface area contributed by atoms with Gasteiger partial charge in [0.1, 0.15) is 5.69 Å². The number of hydrogen-bond acceptors (Lipinski definition) is 2. The van der Waals surface area contributed by atoms with Crippen LogP contribution in [0, 0.1) is 30.1 Å². The summed E-state index contributed by atoms with van der Waals surface area (Å²) < 4.78 is 1.77. The molecule has 4 saturated carbocycles. The van der Waals surface area contributed by atoms with E-state index in [4.69, 9.17) is 0 Å². The first-order chi connectivity index (χ1) is 9.53. The Morgan fingerprint density at radius 3 is 2.35 bits per heavy atom. The van der Waals surface area contributed by atoms with Gasteiger partial charge in [-0.25, -0.2) is 4.79 Å². The predicted molar refractivity (Wildman–Crippen MR) is 74.5 cm³/mol. The lowest BCUT2D eigenvalue weighted by Crippen LogP contribution is -2.48. The highest BCUT2D eigenvalue weighted by atomic mass is 16.4. The van der Waals surface area contributed by atoms with Crippen LogP contribution < -0.4 is 0 Å². The third kappa shape index (κ3) is 1.88. The van der Waals surface area contributed by atoms with E-state index >= 15 is 0 Å². The summed E-state index contributed by atoms with van der Waals surface area (Å²) in [6.45, 7) is 2.69. The van der Waals surface area contributed by atoms with Crippen molar-refractivity contribution in [3.63, 3.8) is 0 Å². The molecule has 4 heteroatoms. The summed E-state index contributed by atoms with van der Waals surface area (Å²) >= 11 is 0. The fraction of sp³-hybridized carbons (Fsp3) is 0.750. The van der Waals surface area contributed by atoms with Gasteiger partial charge in [-0.1, -0.05) is 0 Å². The molecule has 108 valence electrons. The molecular weight excluding hydrogens is 252 g/mol. The van der Waals surface area contributed by atoms with Crippen molar-refractivity contribution in [3.8, 4) is 0 Å². The van der Waals surface area contributed by atoms with Gasteiger partial charge in [-0.3, -0.25) is 4.68 Å². The molecule has 0 amide bonds. The summed E-state index contributed by atoms with van der Waals surface area (Å²) in [6.07, 6.45) is 8.13. The SMILES string of the molecule is Cc1cc(C(=O)O)n(CC23CC4CC(CC(C4)C2)C3)n1. The van der Waals surface area contributed by atoms with Gasteiger partial charge in [-0.05, 0) is 74.7 Å². The van der Waals surface area contributed by atoms with Gasteiger partial charge < -0.3 is 5.11 Å². The third-order valence-corrected chi connectivity index (χ3v) is 5.77. The van der Waals surface area contributed by atoms with Crippen molar-refractivity contribution in [3.05, 3.63) is 17.5 Å². The lowest BCUT2D eigenvalue weighted by Gasteiger charge is -2.56. The Kier molecular flexibility index (Phi) is 2.54. The lowest BCUT2D eigenvalue weighted by molar-refractivity contribution is -0.0638. The molecule has 0 atom stereocenters. The summed E-state index contributed by atoms with van der Waals surface area (Å²) in [4.78, 5) is 11.4. The zero-order valence-corrected chi connectivity index (χ0v) is 12.0. The van der Waals surface area contributed by atoms with E-state index in [9.17, 15) is 9.90 Å². The van der Waals surface area contributed by atoms with Crippen LogP contribution in [0.15, 0.2) is 6.07 Å². The van der Waals surface area contributed by atoms with E-state index in [1.165, 1.54) is 38.5 Å². The number of hydrogen-bond donors (Lipinski definition) is 1. The van der Waals surface area contributed by atoms with Crippen LogP contribution in [-0.4, -0.2) is 20.9 Å². The smallest absolute Gasteiger partial charge is 0.354 e. The Labute approximate surface area is 119 Å². The Morgan fingerprint density at radius 2 is 1.85 bits per heavy atom. The molecule has 0 aromatic carbocycles. The molecule has 4 aliphatic carbocycles.